The number of benzene rings is 2. The Labute approximate surface area is 159 Å². The second-order valence-electron chi connectivity index (χ2n) is 6.04. The van der Waals surface area contributed by atoms with Crippen molar-refractivity contribution >= 4 is 39.7 Å². The van der Waals surface area contributed by atoms with Crippen molar-refractivity contribution in [1.29, 1.82) is 0 Å². The van der Waals surface area contributed by atoms with Crippen molar-refractivity contribution in [3.63, 3.8) is 0 Å². The topological polar surface area (TPSA) is 96.4 Å². The van der Waals surface area contributed by atoms with Gasteiger partial charge in [-0.2, -0.15) is 0 Å². The first kappa shape index (κ1) is 18.7. The van der Waals surface area contributed by atoms with Gasteiger partial charge in [0.05, 0.1) is 16.6 Å². The van der Waals surface area contributed by atoms with Gasteiger partial charge in [-0.05, 0) is 29.7 Å². The predicted molar refractivity (Wildman–Crippen MR) is 104 cm³/mol. The first-order valence-corrected chi connectivity index (χ1v) is 9.29. The van der Waals surface area contributed by atoms with E-state index in [2.05, 4.69) is 10.3 Å². The zero-order valence-electron chi connectivity index (χ0n) is 14.4. The minimum absolute atomic E-state index is 0.00485. The molecule has 3 rings (SSSR count). The van der Waals surface area contributed by atoms with E-state index in [-0.39, 0.29) is 19.3 Å². The third kappa shape index (κ3) is 4.77. The predicted octanol–water partition coefficient (Wildman–Crippen LogP) is 3.05. The van der Waals surface area contributed by atoms with Gasteiger partial charge in [0.2, 0.25) is 5.91 Å². The van der Waals surface area contributed by atoms with Gasteiger partial charge in [-0.25, -0.2) is 9.78 Å². The third-order valence-electron chi connectivity index (χ3n) is 4.06. The van der Waals surface area contributed by atoms with Crippen LogP contribution in [0.2, 0.25) is 0 Å². The van der Waals surface area contributed by atoms with Gasteiger partial charge in [-0.15, -0.1) is 11.3 Å². The van der Waals surface area contributed by atoms with Crippen LogP contribution < -0.4 is 5.32 Å². The Morgan fingerprint density at radius 1 is 1.15 bits per heavy atom. The van der Waals surface area contributed by atoms with Gasteiger partial charge in [0.25, 0.3) is 0 Å². The van der Waals surface area contributed by atoms with Crippen molar-refractivity contribution in [3.8, 4) is 11.1 Å². The Morgan fingerprint density at radius 2 is 1.93 bits per heavy atom. The number of rotatable bonds is 8. The van der Waals surface area contributed by atoms with E-state index in [1.54, 1.807) is 0 Å². The highest BCUT2D eigenvalue weighted by molar-refractivity contribution is 7.18. The van der Waals surface area contributed by atoms with Crippen LogP contribution in [0, 0.1) is 0 Å². The van der Waals surface area contributed by atoms with Crippen molar-refractivity contribution < 1.29 is 19.5 Å². The summed E-state index contributed by atoms with van der Waals surface area (Å²) in [5.74, 6) is -1.57. The number of carboxylic acid groups (broad SMARTS) is 1. The summed E-state index contributed by atoms with van der Waals surface area (Å²) < 4.78 is 0.966. The molecule has 2 N–H and O–H groups in total. The molecule has 0 spiro atoms. The molecule has 3 aromatic rings. The lowest BCUT2D eigenvalue weighted by Crippen LogP contribution is -2.41. The summed E-state index contributed by atoms with van der Waals surface area (Å²) in [6.07, 6.45) is 0.802. The number of aliphatic carboxylic acids is 1. The summed E-state index contributed by atoms with van der Waals surface area (Å²) in [6.45, 7) is 0. The van der Waals surface area contributed by atoms with E-state index in [0.29, 0.717) is 11.3 Å². The molecule has 1 amide bonds. The Balaban J connectivity index is 1.72. The molecule has 1 aromatic heterocycles. The van der Waals surface area contributed by atoms with Gasteiger partial charge >= 0.3 is 5.97 Å². The van der Waals surface area contributed by atoms with E-state index in [9.17, 15) is 14.4 Å². The van der Waals surface area contributed by atoms with Crippen LogP contribution in [0.5, 0.6) is 0 Å². The van der Waals surface area contributed by atoms with Crippen molar-refractivity contribution in [2.24, 2.45) is 0 Å². The second kappa shape index (κ2) is 8.55. The maximum atomic E-state index is 12.2. The molecule has 0 fully saturated rings. The fourth-order valence-electron chi connectivity index (χ4n) is 2.74. The molecular formula is C20H18N2O4S. The Hall–Kier alpha value is -3.06. The van der Waals surface area contributed by atoms with Crippen LogP contribution in [0.3, 0.4) is 0 Å². The molecule has 0 saturated heterocycles. The monoisotopic (exact) mass is 382 g/mol. The van der Waals surface area contributed by atoms with Crippen LogP contribution in [0.25, 0.3) is 21.3 Å². The van der Waals surface area contributed by atoms with Crippen molar-refractivity contribution in [1.82, 2.24) is 10.3 Å². The number of hydrogen-bond acceptors (Lipinski definition) is 5. The molecule has 0 bridgehead atoms. The maximum absolute atomic E-state index is 12.2. The molecule has 0 aliphatic carbocycles. The SMILES string of the molecule is O=CCCC(NC(=O)Cc1nc2cc(-c3ccccc3)ccc2s1)C(=O)O. The largest absolute Gasteiger partial charge is 0.480 e. The summed E-state index contributed by atoms with van der Waals surface area (Å²) >= 11 is 1.41. The van der Waals surface area contributed by atoms with Gasteiger partial charge in [-0.3, -0.25) is 4.79 Å². The fourth-order valence-corrected chi connectivity index (χ4v) is 3.68. The lowest BCUT2D eigenvalue weighted by Gasteiger charge is -2.12. The highest BCUT2D eigenvalue weighted by Gasteiger charge is 2.20. The minimum atomic E-state index is -1.15. The quantitative estimate of drug-likeness (QED) is 0.584. The molecule has 0 aliphatic heterocycles. The second-order valence-corrected chi connectivity index (χ2v) is 7.15. The van der Waals surface area contributed by atoms with Gasteiger partial charge in [0.1, 0.15) is 17.3 Å². The number of fused-ring (bicyclic) bond motifs is 1. The minimum Gasteiger partial charge on any atom is -0.480 e. The lowest BCUT2D eigenvalue weighted by atomic mass is 10.1. The molecule has 1 heterocycles. The summed E-state index contributed by atoms with van der Waals surface area (Å²) in [4.78, 5) is 38.3. The smallest absolute Gasteiger partial charge is 0.326 e. The highest BCUT2D eigenvalue weighted by Crippen LogP contribution is 2.28. The molecule has 7 heteroatoms. The molecule has 0 saturated carbocycles. The van der Waals surface area contributed by atoms with Crippen molar-refractivity contribution in [3.05, 3.63) is 53.5 Å². The van der Waals surface area contributed by atoms with Gasteiger partial charge in [0.15, 0.2) is 0 Å². The van der Waals surface area contributed by atoms with Gasteiger partial charge < -0.3 is 15.2 Å². The number of carbonyl (C=O) groups excluding carboxylic acids is 2. The average Bonchev–Trinajstić information content (AvgIpc) is 3.06. The van der Waals surface area contributed by atoms with Gasteiger partial charge in [0, 0.05) is 6.42 Å². The van der Waals surface area contributed by atoms with E-state index in [0.717, 1.165) is 21.3 Å². The first-order chi connectivity index (χ1) is 13.1. The summed E-state index contributed by atoms with van der Waals surface area (Å²) in [7, 11) is 0. The summed E-state index contributed by atoms with van der Waals surface area (Å²) in [5.41, 5.74) is 2.94. The van der Waals surface area contributed by atoms with E-state index >= 15 is 0 Å². The molecule has 0 aliphatic rings. The normalized spacial score (nSPS) is 11.9. The molecule has 2 aromatic carbocycles. The fraction of sp³-hybridized carbons (Fsp3) is 0.200. The number of carbonyl (C=O) groups is 3. The maximum Gasteiger partial charge on any atom is 0.326 e. The van der Waals surface area contributed by atoms with E-state index in [1.807, 2.05) is 48.5 Å². The van der Waals surface area contributed by atoms with Crippen LogP contribution in [-0.2, 0) is 20.8 Å². The molecule has 1 atom stereocenters. The van der Waals surface area contributed by atoms with Crippen molar-refractivity contribution in [2.75, 3.05) is 0 Å². The highest BCUT2D eigenvalue weighted by atomic mass is 32.1. The Kier molecular flexibility index (Phi) is 5.93. The van der Waals surface area contributed by atoms with E-state index in [4.69, 9.17) is 5.11 Å². The van der Waals surface area contributed by atoms with E-state index in [1.165, 1.54) is 11.3 Å². The Bertz CT molecular complexity index is 969. The number of carboxylic acids is 1. The van der Waals surface area contributed by atoms with Crippen LogP contribution >= 0.6 is 11.3 Å². The zero-order chi connectivity index (χ0) is 19.2. The third-order valence-corrected chi connectivity index (χ3v) is 5.09. The Morgan fingerprint density at radius 3 is 2.63 bits per heavy atom. The zero-order valence-corrected chi connectivity index (χ0v) is 15.2. The molecule has 0 radical (unpaired) electrons. The summed E-state index contributed by atoms with van der Waals surface area (Å²) in [6, 6.07) is 14.8. The average molecular weight is 382 g/mol. The molecule has 1 unspecified atom stereocenters. The number of nitrogens with one attached hydrogen (secondary N) is 1. The number of aldehydes is 1. The molecular weight excluding hydrogens is 364 g/mol. The van der Waals surface area contributed by atoms with Crippen LogP contribution in [0.4, 0.5) is 0 Å². The van der Waals surface area contributed by atoms with Crippen LogP contribution in [0.15, 0.2) is 48.5 Å². The van der Waals surface area contributed by atoms with Crippen LogP contribution in [-0.4, -0.2) is 34.3 Å². The number of thiazole rings is 1. The van der Waals surface area contributed by atoms with Crippen molar-refractivity contribution in [2.45, 2.75) is 25.3 Å². The number of aromatic nitrogens is 1. The first-order valence-electron chi connectivity index (χ1n) is 8.47. The molecule has 6 nitrogen and oxygen atoms in total. The number of nitrogens with zero attached hydrogens (tertiary/aromatic N) is 1. The number of amides is 1. The molecule has 27 heavy (non-hydrogen) atoms. The standard InChI is InChI=1S/C20H18N2O4S/c23-10-4-7-15(20(25)26)21-18(24)12-19-22-16-11-14(8-9-17(16)27-19)13-5-2-1-3-6-13/h1-3,5-6,8-11,15H,4,7,12H2,(H,21,24)(H,25,26). The number of hydrogen-bond donors (Lipinski definition) is 2. The molecule has 138 valence electrons. The summed E-state index contributed by atoms with van der Waals surface area (Å²) in [5, 5.41) is 12.2. The lowest BCUT2D eigenvalue weighted by molar-refractivity contribution is -0.142. The van der Waals surface area contributed by atoms with Crippen LogP contribution in [0.1, 0.15) is 17.8 Å². The van der Waals surface area contributed by atoms with E-state index < -0.39 is 17.9 Å². The van der Waals surface area contributed by atoms with Gasteiger partial charge in [-0.1, -0.05) is 36.4 Å².